The highest BCUT2D eigenvalue weighted by molar-refractivity contribution is 5.77. The zero-order chi connectivity index (χ0) is 11.0. The minimum Gasteiger partial charge on any atom is -0.343 e. The number of aromatic nitrogens is 2. The third-order valence-electron chi connectivity index (χ3n) is 3.36. The summed E-state index contributed by atoms with van der Waals surface area (Å²) in [7, 11) is 0. The zero-order valence-electron chi connectivity index (χ0n) is 9.59. The highest BCUT2D eigenvalue weighted by atomic mass is 14.9. The Morgan fingerprint density at radius 2 is 2.31 bits per heavy atom. The Morgan fingerprint density at radius 3 is 3.12 bits per heavy atom. The second-order valence-corrected chi connectivity index (χ2v) is 4.72. The molecule has 2 N–H and O–H groups in total. The highest BCUT2D eigenvalue weighted by Crippen LogP contribution is 2.25. The smallest absolute Gasteiger partial charge is 0.137 e. The molecule has 2 aromatic heterocycles. The molecule has 1 saturated heterocycles. The van der Waals surface area contributed by atoms with Gasteiger partial charge in [0.05, 0.1) is 0 Å². The number of nitrogens with one attached hydrogen (secondary N) is 2. The lowest BCUT2D eigenvalue weighted by atomic mass is 9.96. The van der Waals surface area contributed by atoms with Crippen molar-refractivity contribution in [2.24, 2.45) is 0 Å². The molecule has 1 unspecified atom stereocenters. The summed E-state index contributed by atoms with van der Waals surface area (Å²) in [5, 5.41) is 4.69. The second-order valence-electron chi connectivity index (χ2n) is 4.72. The fraction of sp³-hybridized carbons (Fsp3) is 0.462. The second kappa shape index (κ2) is 3.91. The van der Waals surface area contributed by atoms with Crippen molar-refractivity contribution in [3.05, 3.63) is 29.6 Å². The number of rotatable bonds is 1. The van der Waals surface area contributed by atoms with Crippen LogP contribution >= 0.6 is 0 Å². The van der Waals surface area contributed by atoms with Gasteiger partial charge in [-0.3, -0.25) is 0 Å². The van der Waals surface area contributed by atoms with Crippen LogP contribution in [0.15, 0.2) is 18.3 Å². The van der Waals surface area contributed by atoms with Crippen molar-refractivity contribution in [1.29, 1.82) is 0 Å². The molecule has 1 aliphatic rings. The van der Waals surface area contributed by atoms with E-state index in [9.17, 15) is 0 Å². The number of hydrogen-bond donors (Lipinski definition) is 2. The quantitative estimate of drug-likeness (QED) is 0.766. The standard InChI is InChI=1S/C13H17N3/c1-9-5-11-6-12(16-13(11)15-7-9)10-3-2-4-14-8-10/h5-7,10,14H,2-4,8H2,1H3,(H,15,16). The lowest BCUT2D eigenvalue weighted by molar-refractivity contribution is 0.456. The van der Waals surface area contributed by atoms with Gasteiger partial charge >= 0.3 is 0 Å². The molecule has 1 atom stereocenters. The summed E-state index contributed by atoms with van der Waals surface area (Å²) in [6.07, 6.45) is 4.47. The van der Waals surface area contributed by atoms with Crippen molar-refractivity contribution < 1.29 is 0 Å². The SMILES string of the molecule is Cc1cnc2[nH]c(C3CCCNC3)cc2c1. The summed E-state index contributed by atoms with van der Waals surface area (Å²) < 4.78 is 0. The maximum absolute atomic E-state index is 4.42. The predicted octanol–water partition coefficient (Wildman–Crippen LogP) is 2.34. The first kappa shape index (κ1) is 9.85. The molecule has 1 fully saturated rings. The number of pyridine rings is 1. The number of aromatic amines is 1. The van der Waals surface area contributed by atoms with Crippen LogP contribution in [-0.2, 0) is 0 Å². The maximum atomic E-state index is 4.42. The third kappa shape index (κ3) is 1.71. The molecule has 3 nitrogen and oxygen atoms in total. The molecule has 84 valence electrons. The van der Waals surface area contributed by atoms with Crippen LogP contribution in [0.5, 0.6) is 0 Å². The molecule has 0 radical (unpaired) electrons. The van der Waals surface area contributed by atoms with E-state index >= 15 is 0 Å². The first-order chi connectivity index (χ1) is 7.83. The maximum Gasteiger partial charge on any atom is 0.137 e. The molecule has 16 heavy (non-hydrogen) atoms. The van der Waals surface area contributed by atoms with Gasteiger partial charge in [-0.2, -0.15) is 0 Å². The van der Waals surface area contributed by atoms with E-state index < -0.39 is 0 Å². The van der Waals surface area contributed by atoms with E-state index in [-0.39, 0.29) is 0 Å². The van der Waals surface area contributed by atoms with Crippen molar-refractivity contribution in [3.63, 3.8) is 0 Å². The number of piperidine rings is 1. The van der Waals surface area contributed by atoms with Gasteiger partial charge in [0, 0.05) is 29.7 Å². The van der Waals surface area contributed by atoms with Gasteiger partial charge in [-0.15, -0.1) is 0 Å². The molecule has 2 aromatic rings. The number of H-pyrrole nitrogens is 1. The van der Waals surface area contributed by atoms with Gasteiger partial charge in [-0.25, -0.2) is 4.98 Å². The summed E-state index contributed by atoms with van der Waals surface area (Å²) in [6.45, 7) is 4.33. The molecule has 3 heterocycles. The number of nitrogens with zero attached hydrogens (tertiary/aromatic N) is 1. The topological polar surface area (TPSA) is 40.7 Å². The van der Waals surface area contributed by atoms with E-state index in [2.05, 4.69) is 34.3 Å². The van der Waals surface area contributed by atoms with Gasteiger partial charge in [0.25, 0.3) is 0 Å². The Kier molecular flexibility index (Phi) is 2.40. The zero-order valence-corrected chi connectivity index (χ0v) is 9.59. The molecular formula is C13H17N3. The van der Waals surface area contributed by atoms with Crippen LogP contribution in [0.2, 0.25) is 0 Å². The van der Waals surface area contributed by atoms with Crippen LogP contribution in [0.4, 0.5) is 0 Å². The predicted molar refractivity (Wildman–Crippen MR) is 65.7 cm³/mol. The Balaban J connectivity index is 1.97. The minimum absolute atomic E-state index is 0.628. The van der Waals surface area contributed by atoms with Crippen LogP contribution in [0.3, 0.4) is 0 Å². The monoisotopic (exact) mass is 215 g/mol. The van der Waals surface area contributed by atoms with E-state index in [1.165, 1.54) is 29.5 Å². The third-order valence-corrected chi connectivity index (χ3v) is 3.36. The van der Waals surface area contributed by atoms with Gasteiger partial charge in [0.1, 0.15) is 5.65 Å². The lowest BCUT2D eigenvalue weighted by Gasteiger charge is -2.21. The molecular weight excluding hydrogens is 198 g/mol. The first-order valence-corrected chi connectivity index (χ1v) is 5.99. The molecule has 0 aromatic carbocycles. The summed E-state index contributed by atoms with van der Waals surface area (Å²) in [5.74, 6) is 0.628. The van der Waals surface area contributed by atoms with Crippen LogP contribution in [-0.4, -0.2) is 23.1 Å². The summed E-state index contributed by atoms with van der Waals surface area (Å²) in [6, 6.07) is 4.45. The normalized spacial score (nSPS) is 21.4. The molecule has 0 bridgehead atoms. The van der Waals surface area contributed by atoms with Crippen molar-refractivity contribution in [3.8, 4) is 0 Å². The van der Waals surface area contributed by atoms with Crippen LogP contribution in [0.1, 0.15) is 30.0 Å². The highest BCUT2D eigenvalue weighted by Gasteiger charge is 2.17. The van der Waals surface area contributed by atoms with Crippen LogP contribution < -0.4 is 5.32 Å². The molecule has 0 amide bonds. The van der Waals surface area contributed by atoms with Gasteiger partial charge in [-0.05, 0) is 44.0 Å². The van der Waals surface area contributed by atoms with E-state index in [1.807, 2.05) is 6.20 Å². The van der Waals surface area contributed by atoms with E-state index in [4.69, 9.17) is 0 Å². The average molecular weight is 215 g/mol. The Morgan fingerprint density at radius 1 is 1.38 bits per heavy atom. The van der Waals surface area contributed by atoms with Crippen molar-refractivity contribution in [2.45, 2.75) is 25.7 Å². The van der Waals surface area contributed by atoms with E-state index in [0.717, 1.165) is 18.7 Å². The first-order valence-electron chi connectivity index (χ1n) is 5.99. The fourth-order valence-electron chi connectivity index (χ4n) is 2.48. The average Bonchev–Trinajstić information content (AvgIpc) is 2.73. The van der Waals surface area contributed by atoms with E-state index in [1.54, 1.807) is 0 Å². The molecule has 1 aliphatic heterocycles. The van der Waals surface area contributed by atoms with Crippen molar-refractivity contribution >= 4 is 11.0 Å². The Bertz CT molecular complexity index is 495. The number of hydrogen-bond acceptors (Lipinski definition) is 2. The van der Waals surface area contributed by atoms with Gasteiger partial charge in [0.15, 0.2) is 0 Å². The lowest BCUT2D eigenvalue weighted by Crippen LogP contribution is -2.28. The van der Waals surface area contributed by atoms with Gasteiger partial charge in [-0.1, -0.05) is 0 Å². The van der Waals surface area contributed by atoms with Gasteiger partial charge < -0.3 is 10.3 Å². The number of fused-ring (bicyclic) bond motifs is 1. The fourth-order valence-corrected chi connectivity index (χ4v) is 2.48. The van der Waals surface area contributed by atoms with Crippen LogP contribution in [0, 0.1) is 6.92 Å². The minimum atomic E-state index is 0.628. The molecule has 3 rings (SSSR count). The van der Waals surface area contributed by atoms with Crippen molar-refractivity contribution in [2.75, 3.05) is 13.1 Å². The Hall–Kier alpha value is -1.35. The molecule has 0 spiro atoms. The van der Waals surface area contributed by atoms with Crippen molar-refractivity contribution in [1.82, 2.24) is 15.3 Å². The Labute approximate surface area is 95.3 Å². The van der Waals surface area contributed by atoms with Crippen LogP contribution in [0.25, 0.3) is 11.0 Å². The summed E-state index contributed by atoms with van der Waals surface area (Å²) >= 11 is 0. The molecule has 0 aliphatic carbocycles. The van der Waals surface area contributed by atoms with Gasteiger partial charge in [0.2, 0.25) is 0 Å². The number of aryl methyl sites for hydroxylation is 1. The molecule has 0 saturated carbocycles. The molecule has 3 heteroatoms. The largest absolute Gasteiger partial charge is 0.343 e. The summed E-state index contributed by atoms with van der Waals surface area (Å²) in [5.41, 5.74) is 3.58. The van der Waals surface area contributed by atoms with E-state index in [0.29, 0.717) is 5.92 Å². The summed E-state index contributed by atoms with van der Waals surface area (Å²) in [4.78, 5) is 7.86.